The Balaban J connectivity index is 2.36. The quantitative estimate of drug-likeness (QED) is 0.0778. The van der Waals surface area contributed by atoms with E-state index >= 15 is 0 Å². The third kappa shape index (κ3) is 11.0. The van der Waals surface area contributed by atoms with Crippen molar-refractivity contribution in [3.05, 3.63) is 35.9 Å². The van der Waals surface area contributed by atoms with Gasteiger partial charge < -0.3 is 32.1 Å². The molecule has 1 aliphatic heterocycles. The van der Waals surface area contributed by atoms with Crippen LogP contribution in [0.4, 0.5) is 0 Å². The molecule has 13 nitrogen and oxygen atoms in total. The minimum absolute atomic E-state index is 0.00363. The number of carboxylic acids is 1. The summed E-state index contributed by atoms with van der Waals surface area (Å²) < 4.78 is 0. The lowest BCUT2D eigenvalue weighted by Gasteiger charge is -2.25. The van der Waals surface area contributed by atoms with Crippen molar-refractivity contribution in [1.29, 1.82) is 5.41 Å². The highest BCUT2D eigenvalue weighted by Gasteiger charge is 2.32. The van der Waals surface area contributed by atoms with Crippen molar-refractivity contribution >= 4 is 53.8 Å². The monoisotopic (exact) mass is 576 g/mol. The number of carbonyl (C=O) groups excluding carboxylic acids is 5. The van der Waals surface area contributed by atoms with Crippen molar-refractivity contribution in [3.63, 3.8) is 0 Å². The molecule has 0 saturated carbocycles. The number of Topliss-reactive ketones (excluding diaryl/α,β-unsaturated/α-hetero) is 1. The van der Waals surface area contributed by atoms with Gasteiger partial charge in [-0.1, -0.05) is 36.8 Å². The average molecular weight is 577 g/mol. The molecule has 14 heteroatoms. The topological polar surface area (TPSA) is 221 Å². The molecule has 4 unspecified atom stereocenters. The zero-order valence-corrected chi connectivity index (χ0v) is 22.9. The highest BCUT2D eigenvalue weighted by Crippen LogP contribution is 2.11. The fourth-order valence-corrected chi connectivity index (χ4v) is 4.37. The smallest absolute Gasteiger partial charge is 0.305 e. The van der Waals surface area contributed by atoms with E-state index in [1.807, 2.05) is 0 Å². The maximum Gasteiger partial charge on any atom is 0.305 e. The summed E-state index contributed by atoms with van der Waals surface area (Å²) in [5.41, 5.74) is 6.06. The standard InChI is InChI=1S/C26H36N6O7S/c27-21(28)9-5-4-8-16-20(33)10-11-22(34)29-18(13-23(35)36)25(38)31-17(12-15-6-2-1-3-7-15)24(37)32-19(14-40)26(39)30-16/h1-3,6-7,16-19,40H,4-5,8-14H2,(H3,27,28)(H,29,34)(H,30,39)(H,31,38)(H,32,37)(H,35,36). The summed E-state index contributed by atoms with van der Waals surface area (Å²) in [7, 11) is 0. The first-order valence-electron chi connectivity index (χ1n) is 12.9. The van der Waals surface area contributed by atoms with Crippen LogP contribution < -0.4 is 27.0 Å². The van der Waals surface area contributed by atoms with E-state index in [0.29, 0.717) is 24.8 Å². The normalized spacial score (nSPS) is 23.1. The molecule has 4 amide bonds. The molecule has 1 aromatic rings. The van der Waals surface area contributed by atoms with Crippen LogP contribution in [0.5, 0.6) is 0 Å². The van der Waals surface area contributed by atoms with Crippen LogP contribution in [0, 0.1) is 5.41 Å². The van der Waals surface area contributed by atoms with Crippen molar-refractivity contribution in [2.45, 2.75) is 75.5 Å². The van der Waals surface area contributed by atoms with Gasteiger partial charge in [-0.15, -0.1) is 0 Å². The van der Waals surface area contributed by atoms with Crippen molar-refractivity contribution in [1.82, 2.24) is 21.3 Å². The molecular formula is C26H36N6O7S. The average Bonchev–Trinajstić information content (AvgIpc) is 2.90. The molecule has 2 rings (SSSR count). The number of rotatable bonds is 10. The molecular weight excluding hydrogens is 540 g/mol. The maximum atomic E-state index is 13.3. The Morgan fingerprint density at radius 2 is 1.48 bits per heavy atom. The first-order valence-corrected chi connectivity index (χ1v) is 13.6. The Morgan fingerprint density at radius 1 is 0.875 bits per heavy atom. The molecule has 0 bridgehead atoms. The number of hydrogen-bond acceptors (Lipinski definition) is 8. The van der Waals surface area contributed by atoms with Crippen LogP contribution in [0.15, 0.2) is 30.3 Å². The van der Waals surface area contributed by atoms with Gasteiger partial charge in [0, 0.05) is 31.4 Å². The van der Waals surface area contributed by atoms with Crippen LogP contribution in [0.1, 0.15) is 50.5 Å². The molecule has 0 aromatic heterocycles. The van der Waals surface area contributed by atoms with Gasteiger partial charge in [0.05, 0.1) is 18.3 Å². The second-order valence-corrected chi connectivity index (χ2v) is 9.88. The third-order valence-electron chi connectivity index (χ3n) is 6.25. The summed E-state index contributed by atoms with van der Waals surface area (Å²) in [4.78, 5) is 76.4. The summed E-state index contributed by atoms with van der Waals surface area (Å²) in [5, 5.41) is 26.7. The van der Waals surface area contributed by atoms with Gasteiger partial charge in [0.15, 0.2) is 5.78 Å². The van der Waals surface area contributed by atoms with E-state index in [2.05, 4.69) is 33.9 Å². The predicted octanol–water partition coefficient (Wildman–Crippen LogP) is -0.568. The SMILES string of the molecule is N=C(N)CCCCC1NC(=O)C(CS)NC(=O)C(Cc2ccccc2)NC(=O)C(CC(=O)O)NC(=O)CCC1=O. The number of aliphatic carboxylic acids is 1. The highest BCUT2D eigenvalue weighted by atomic mass is 32.1. The number of hydrogen-bond donors (Lipinski definition) is 8. The van der Waals surface area contributed by atoms with Gasteiger partial charge in [0.1, 0.15) is 18.1 Å². The number of nitrogens with one attached hydrogen (secondary N) is 5. The van der Waals surface area contributed by atoms with E-state index < -0.39 is 66.0 Å². The number of carboxylic acid groups (broad SMARTS) is 1. The maximum absolute atomic E-state index is 13.3. The van der Waals surface area contributed by atoms with Gasteiger partial charge in [-0.2, -0.15) is 12.6 Å². The van der Waals surface area contributed by atoms with E-state index in [1.54, 1.807) is 30.3 Å². The van der Waals surface area contributed by atoms with Crippen LogP contribution >= 0.6 is 12.6 Å². The van der Waals surface area contributed by atoms with E-state index in [0.717, 1.165) is 0 Å². The number of nitrogens with two attached hydrogens (primary N) is 1. The second kappa shape index (κ2) is 16.2. The van der Waals surface area contributed by atoms with E-state index in [-0.39, 0.29) is 37.3 Å². The summed E-state index contributed by atoms with van der Waals surface area (Å²) in [5.74, 6) is -4.95. The minimum Gasteiger partial charge on any atom is -0.481 e. The van der Waals surface area contributed by atoms with Crippen LogP contribution in [0.2, 0.25) is 0 Å². The molecule has 4 atom stereocenters. The lowest BCUT2D eigenvalue weighted by Crippen LogP contribution is -2.58. The number of amidine groups is 1. The number of carbonyl (C=O) groups is 6. The summed E-state index contributed by atoms with van der Waals surface area (Å²) in [6.45, 7) is 0. The van der Waals surface area contributed by atoms with Gasteiger partial charge in [-0.25, -0.2) is 0 Å². The third-order valence-corrected chi connectivity index (χ3v) is 6.62. The van der Waals surface area contributed by atoms with Crippen molar-refractivity contribution in [2.24, 2.45) is 5.73 Å². The predicted molar refractivity (Wildman–Crippen MR) is 149 cm³/mol. The number of thiol groups is 1. The zero-order valence-electron chi connectivity index (χ0n) is 22.0. The largest absolute Gasteiger partial charge is 0.481 e. The lowest BCUT2D eigenvalue weighted by molar-refractivity contribution is -0.141. The van der Waals surface area contributed by atoms with Crippen molar-refractivity contribution in [3.8, 4) is 0 Å². The Kier molecular flexibility index (Phi) is 13.1. The fraction of sp³-hybridized carbons (Fsp3) is 0.500. The molecule has 1 fully saturated rings. The second-order valence-electron chi connectivity index (χ2n) is 9.51. The molecule has 0 spiro atoms. The van der Waals surface area contributed by atoms with Crippen LogP contribution in [0.3, 0.4) is 0 Å². The Hall–Kier alpha value is -3.94. The molecule has 0 radical (unpaired) electrons. The van der Waals surface area contributed by atoms with Gasteiger partial charge in [0.25, 0.3) is 0 Å². The molecule has 40 heavy (non-hydrogen) atoms. The number of ketones is 1. The van der Waals surface area contributed by atoms with Crippen LogP contribution in [0.25, 0.3) is 0 Å². The Labute approximate surface area is 237 Å². The first kappa shape index (κ1) is 32.3. The van der Waals surface area contributed by atoms with Gasteiger partial charge >= 0.3 is 5.97 Å². The van der Waals surface area contributed by atoms with Gasteiger partial charge in [-0.05, 0) is 18.4 Å². The molecule has 0 aliphatic carbocycles. The summed E-state index contributed by atoms with van der Waals surface area (Å²) in [6, 6.07) is 3.87. The minimum atomic E-state index is -1.50. The van der Waals surface area contributed by atoms with Gasteiger partial charge in [0.2, 0.25) is 23.6 Å². The number of benzene rings is 1. The Morgan fingerprint density at radius 3 is 2.10 bits per heavy atom. The van der Waals surface area contributed by atoms with Crippen molar-refractivity contribution in [2.75, 3.05) is 5.75 Å². The molecule has 1 saturated heterocycles. The summed E-state index contributed by atoms with van der Waals surface area (Å²) in [6.07, 6.45) is 0.148. The molecule has 1 aromatic carbocycles. The van der Waals surface area contributed by atoms with E-state index in [4.69, 9.17) is 11.1 Å². The molecule has 1 aliphatic rings. The van der Waals surface area contributed by atoms with Gasteiger partial charge in [-0.3, -0.25) is 34.2 Å². The Bertz CT molecular complexity index is 1100. The van der Waals surface area contributed by atoms with E-state index in [1.165, 1.54) is 0 Å². The molecule has 218 valence electrons. The summed E-state index contributed by atoms with van der Waals surface area (Å²) >= 11 is 4.18. The number of unbranched alkanes of at least 4 members (excludes halogenated alkanes) is 1. The highest BCUT2D eigenvalue weighted by molar-refractivity contribution is 7.80. The zero-order chi connectivity index (χ0) is 29.7. The molecule has 1 heterocycles. The van der Waals surface area contributed by atoms with E-state index in [9.17, 15) is 33.9 Å². The first-order chi connectivity index (χ1) is 19.0. The van der Waals surface area contributed by atoms with Crippen molar-refractivity contribution < 1.29 is 33.9 Å². The number of amides is 4. The molecule has 8 N–H and O–H groups in total. The van der Waals surface area contributed by atoms with Crippen LogP contribution in [-0.4, -0.2) is 76.2 Å². The van der Waals surface area contributed by atoms with Crippen LogP contribution in [-0.2, 0) is 35.2 Å². The fourth-order valence-electron chi connectivity index (χ4n) is 4.11. The lowest BCUT2D eigenvalue weighted by atomic mass is 10.00.